The molecule has 0 aliphatic rings. The third kappa shape index (κ3) is 4.57. The molecule has 0 bridgehead atoms. The number of nitrogens with one attached hydrogen (secondary N) is 1. The van der Waals surface area contributed by atoms with Crippen molar-refractivity contribution in [1.82, 2.24) is 5.32 Å². The van der Waals surface area contributed by atoms with E-state index < -0.39 is 0 Å². The Morgan fingerprint density at radius 2 is 1.60 bits per heavy atom. The second-order valence-corrected chi connectivity index (χ2v) is 5.01. The van der Waals surface area contributed by atoms with Gasteiger partial charge in [0.1, 0.15) is 6.61 Å². The van der Waals surface area contributed by atoms with Crippen LogP contribution in [0.1, 0.15) is 11.1 Å². The molecule has 5 heteroatoms. The van der Waals surface area contributed by atoms with E-state index in [0.717, 1.165) is 17.7 Å². The molecule has 0 spiro atoms. The monoisotopic (exact) mass is 330 g/mol. The van der Waals surface area contributed by atoms with Gasteiger partial charge in [-0.25, -0.2) is 0 Å². The number of rotatable bonds is 5. The summed E-state index contributed by atoms with van der Waals surface area (Å²) in [5.41, 5.74) is 2.11. The van der Waals surface area contributed by atoms with Crippen molar-refractivity contribution in [2.24, 2.45) is 0 Å². The minimum absolute atomic E-state index is 0. The first-order valence-electron chi connectivity index (χ1n) is 6.00. The molecule has 0 aliphatic carbocycles. The Morgan fingerprint density at radius 1 is 1.00 bits per heavy atom. The van der Waals surface area contributed by atoms with Crippen LogP contribution in [0.15, 0.2) is 42.5 Å². The van der Waals surface area contributed by atoms with E-state index in [4.69, 9.17) is 27.9 Å². The molecule has 0 fully saturated rings. The van der Waals surface area contributed by atoms with Crippen LogP contribution >= 0.6 is 23.2 Å². The highest BCUT2D eigenvalue weighted by Gasteiger charge is 2.09. The van der Waals surface area contributed by atoms with E-state index in [2.05, 4.69) is 5.32 Å². The Morgan fingerprint density at radius 3 is 2.15 bits per heavy atom. The molecular formula is C15H15Cl3NO-. The minimum Gasteiger partial charge on any atom is -1.00 e. The average molecular weight is 332 g/mol. The molecule has 0 atom stereocenters. The molecule has 2 rings (SSSR count). The molecule has 108 valence electrons. The predicted molar refractivity (Wildman–Crippen MR) is 80.0 cm³/mol. The van der Waals surface area contributed by atoms with Crippen LogP contribution in [-0.2, 0) is 13.2 Å². The molecule has 0 radical (unpaired) electrons. The zero-order chi connectivity index (χ0) is 13.7. The van der Waals surface area contributed by atoms with Gasteiger partial charge < -0.3 is 22.5 Å². The third-order valence-corrected chi connectivity index (χ3v) is 3.23. The van der Waals surface area contributed by atoms with E-state index in [9.17, 15) is 0 Å². The normalized spacial score (nSPS) is 9.95. The predicted octanol–water partition coefficient (Wildman–Crippen LogP) is 1.30. The highest BCUT2D eigenvalue weighted by atomic mass is 35.5. The zero-order valence-electron chi connectivity index (χ0n) is 11.0. The second kappa shape index (κ2) is 8.38. The van der Waals surface area contributed by atoms with Crippen molar-refractivity contribution in [1.29, 1.82) is 0 Å². The van der Waals surface area contributed by atoms with Crippen LogP contribution in [0.25, 0.3) is 0 Å². The fourth-order valence-electron chi connectivity index (χ4n) is 1.79. The van der Waals surface area contributed by atoms with Crippen molar-refractivity contribution >= 4 is 23.2 Å². The average Bonchev–Trinajstić information content (AvgIpc) is 2.39. The smallest absolute Gasteiger partial charge is 0.156 e. The molecule has 0 amide bonds. The van der Waals surface area contributed by atoms with Crippen molar-refractivity contribution in [3.8, 4) is 5.75 Å². The van der Waals surface area contributed by atoms with Crippen LogP contribution in [0.5, 0.6) is 5.75 Å². The maximum absolute atomic E-state index is 6.20. The summed E-state index contributed by atoms with van der Waals surface area (Å²) in [6.45, 7) is 1.17. The van der Waals surface area contributed by atoms with Gasteiger partial charge in [-0.05, 0) is 30.3 Å². The van der Waals surface area contributed by atoms with E-state index in [1.54, 1.807) is 0 Å². The van der Waals surface area contributed by atoms with Gasteiger partial charge in [0.15, 0.2) is 5.75 Å². The fraction of sp³-hybridized carbons (Fsp3) is 0.200. The van der Waals surface area contributed by atoms with Crippen LogP contribution in [0, 0.1) is 0 Å². The lowest BCUT2D eigenvalue weighted by Crippen LogP contribution is -3.00. The molecule has 0 aliphatic heterocycles. The second-order valence-electron chi connectivity index (χ2n) is 4.19. The van der Waals surface area contributed by atoms with E-state index in [0.29, 0.717) is 22.4 Å². The Hall–Kier alpha value is -0.930. The lowest BCUT2D eigenvalue weighted by molar-refractivity contribution is -0.00000403. The first-order chi connectivity index (χ1) is 9.20. The maximum atomic E-state index is 6.20. The summed E-state index contributed by atoms with van der Waals surface area (Å²) in [7, 11) is 1.88. The van der Waals surface area contributed by atoms with Gasteiger partial charge in [-0.15, -0.1) is 0 Å². The van der Waals surface area contributed by atoms with E-state index in [1.165, 1.54) is 0 Å². The molecule has 0 saturated carbocycles. The molecule has 0 aromatic heterocycles. The molecule has 1 N–H and O–H groups in total. The fourth-order valence-corrected chi connectivity index (χ4v) is 2.43. The van der Waals surface area contributed by atoms with Gasteiger partial charge in [0, 0.05) is 6.54 Å². The summed E-state index contributed by atoms with van der Waals surface area (Å²) in [4.78, 5) is 0. The van der Waals surface area contributed by atoms with Gasteiger partial charge in [-0.1, -0.05) is 53.5 Å². The molecule has 2 aromatic carbocycles. The highest BCUT2D eigenvalue weighted by molar-refractivity contribution is 6.37. The van der Waals surface area contributed by atoms with Gasteiger partial charge >= 0.3 is 0 Å². The van der Waals surface area contributed by atoms with Crippen LogP contribution in [0.2, 0.25) is 10.0 Å². The van der Waals surface area contributed by atoms with Crippen molar-refractivity contribution in [2.75, 3.05) is 7.05 Å². The molecule has 2 nitrogen and oxygen atoms in total. The lowest BCUT2D eigenvalue weighted by atomic mass is 10.2. The van der Waals surface area contributed by atoms with Gasteiger partial charge in [0.25, 0.3) is 0 Å². The number of ether oxygens (including phenoxy) is 1. The van der Waals surface area contributed by atoms with Crippen molar-refractivity contribution in [2.45, 2.75) is 13.2 Å². The Bertz CT molecular complexity index is 523. The van der Waals surface area contributed by atoms with E-state index >= 15 is 0 Å². The third-order valence-electron chi connectivity index (χ3n) is 2.66. The summed E-state index contributed by atoms with van der Waals surface area (Å²) < 4.78 is 5.70. The van der Waals surface area contributed by atoms with Gasteiger partial charge in [0.2, 0.25) is 0 Å². The van der Waals surface area contributed by atoms with Crippen LogP contribution in [0.3, 0.4) is 0 Å². The lowest BCUT2D eigenvalue weighted by Gasteiger charge is -2.12. The van der Waals surface area contributed by atoms with Crippen LogP contribution in [0.4, 0.5) is 0 Å². The van der Waals surface area contributed by atoms with Gasteiger partial charge in [0.05, 0.1) is 10.0 Å². The summed E-state index contributed by atoms with van der Waals surface area (Å²) in [5.74, 6) is 0.534. The Balaban J connectivity index is 0.00000200. The molecular weight excluding hydrogens is 317 g/mol. The minimum atomic E-state index is 0. The first-order valence-corrected chi connectivity index (χ1v) is 6.75. The molecule has 20 heavy (non-hydrogen) atoms. The molecule has 0 heterocycles. The summed E-state index contributed by atoms with van der Waals surface area (Å²) >= 11 is 12.4. The molecule has 0 unspecified atom stereocenters. The van der Waals surface area contributed by atoms with E-state index in [1.807, 2.05) is 49.5 Å². The number of benzene rings is 2. The van der Waals surface area contributed by atoms with Crippen molar-refractivity contribution < 1.29 is 17.1 Å². The van der Waals surface area contributed by atoms with Crippen molar-refractivity contribution in [3.63, 3.8) is 0 Å². The molecule has 0 saturated heterocycles. The topological polar surface area (TPSA) is 21.3 Å². The largest absolute Gasteiger partial charge is 1.00 e. The standard InChI is InChI=1S/C15H15Cl2NO.ClH/c1-18-9-12-7-13(16)15(14(17)8-12)19-10-11-5-3-2-4-6-11;/h2-8,18H,9-10H2,1H3;1H/p-1. The van der Waals surface area contributed by atoms with Gasteiger partial charge in [-0.2, -0.15) is 0 Å². The Kier molecular flexibility index (Phi) is 7.17. The molecule has 2 aromatic rings. The summed E-state index contributed by atoms with van der Waals surface area (Å²) in [6.07, 6.45) is 0. The quantitative estimate of drug-likeness (QED) is 0.892. The van der Waals surface area contributed by atoms with Crippen molar-refractivity contribution in [3.05, 3.63) is 63.6 Å². The number of halogens is 3. The first kappa shape index (κ1) is 17.1. The highest BCUT2D eigenvalue weighted by Crippen LogP contribution is 2.34. The zero-order valence-corrected chi connectivity index (χ0v) is 13.3. The number of hydrogen-bond acceptors (Lipinski definition) is 2. The van der Waals surface area contributed by atoms with E-state index in [-0.39, 0.29) is 12.4 Å². The Labute approximate surface area is 135 Å². The van der Waals surface area contributed by atoms with Crippen LogP contribution < -0.4 is 22.5 Å². The van der Waals surface area contributed by atoms with Crippen LogP contribution in [-0.4, -0.2) is 7.05 Å². The maximum Gasteiger partial charge on any atom is 0.156 e. The SMILES string of the molecule is CNCc1cc(Cl)c(OCc2ccccc2)c(Cl)c1.[Cl-]. The van der Waals surface area contributed by atoms with Gasteiger partial charge in [-0.3, -0.25) is 0 Å². The summed E-state index contributed by atoms with van der Waals surface area (Å²) in [5, 5.41) is 4.13. The number of hydrogen-bond donors (Lipinski definition) is 1. The summed E-state index contributed by atoms with van der Waals surface area (Å²) in [6, 6.07) is 13.6.